The number of hydrogen-bond donors (Lipinski definition) is 0. The van der Waals surface area contributed by atoms with Gasteiger partial charge in [-0.15, -0.1) is 11.3 Å². The minimum absolute atomic E-state index is 0.0373. The predicted molar refractivity (Wildman–Crippen MR) is 96.9 cm³/mol. The van der Waals surface area contributed by atoms with Crippen molar-refractivity contribution in [3.8, 4) is 11.5 Å². The molecule has 3 heterocycles. The lowest BCUT2D eigenvalue weighted by atomic mass is 10.2. The number of hydrogen-bond acceptors (Lipinski definition) is 5. The number of aromatic nitrogens is 3. The maximum Gasteiger partial charge on any atom is 0.262 e. The van der Waals surface area contributed by atoms with Crippen LogP contribution in [0.3, 0.4) is 0 Å². The van der Waals surface area contributed by atoms with Gasteiger partial charge >= 0.3 is 0 Å². The zero-order valence-corrected chi connectivity index (χ0v) is 14.6. The van der Waals surface area contributed by atoms with Crippen LogP contribution in [-0.2, 0) is 19.4 Å². The summed E-state index contributed by atoms with van der Waals surface area (Å²) in [5.74, 6) is -0.0163. The quantitative estimate of drug-likeness (QED) is 0.553. The molecular formula is C19H14FN3O2S. The molecule has 1 aliphatic carbocycles. The summed E-state index contributed by atoms with van der Waals surface area (Å²) in [6.45, 7) is 0.269. The largest absolute Gasteiger partial charge is 0.444 e. The molecule has 0 fully saturated rings. The number of nitrogens with zero attached hydrogens (tertiary/aromatic N) is 3. The van der Waals surface area contributed by atoms with Crippen LogP contribution in [0.5, 0.6) is 0 Å². The van der Waals surface area contributed by atoms with Crippen LogP contribution in [-0.4, -0.2) is 14.5 Å². The van der Waals surface area contributed by atoms with E-state index in [4.69, 9.17) is 4.42 Å². The lowest BCUT2D eigenvalue weighted by Gasteiger charge is -2.03. The van der Waals surface area contributed by atoms with Crippen molar-refractivity contribution >= 4 is 21.6 Å². The van der Waals surface area contributed by atoms with Crippen LogP contribution < -0.4 is 5.56 Å². The number of halogens is 1. The molecule has 0 amide bonds. The van der Waals surface area contributed by atoms with Crippen LogP contribution >= 0.6 is 11.3 Å². The molecule has 4 aromatic rings. The maximum absolute atomic E-state index is 13.4. The Bertz CT molecular complexity index is 1190. The summed E-state index contributed by atoms with van der Waals surface area (Å²) in [7, 11) is 0. The highest BCUT2D eigenvalue weighted by atomic mass is 32.1. The van der Waals surface area contributed by atoms with Crippen molar-refractivity contribution in [3.05, 3.63) is 69.2 Å². The van der Waals surface area contributed by atoms with Crippen LogP contribution in [0.25, 0.3) is 21.7 Å². The molecule has 0 unspecified atom stereocenters. The molecule has 1 aromatic carbocycles. The van der Waals surface area contributed by atoms with Gasteiger partial charge in [0.05, 0.1) is 24.0 Å². The van der Waals surface area contributed by atoms with Gasteiger partial charge in [-0.2, -0.15) is 0 Å². The summed E-state index contributed by atoms with van der Waals surface area (Å²) in [5.41, 5.74) is 2.29. The average molecular weight is 367 g/mol. The molecule has 26 heavy (non-hydrogen) atoms. The van der Waals surface area contributed by atoms with Crippen molar-refractivity contribution in [1.29, 1.82) is 0 Å². The fraction of sp³-hybridized carbons (Fsp3) is 0.211. The molecule has 130 valence electrons. The van der Waals surface area contributed by atoms with Gasteiger partial charge in [0.1, 0.15) is 16.9 Å². The van der Waals surface area contributed by atoms with E-state index in [2.05, 4.69) is 9.97 Å². The number of fused-ring (bicyclic) bond motifs is 3. The van der Waals surface area contributed by atoms with Gasteiger partial charge in [0.2, 0.25) is 5.89 Å². The molecule has 0 N–H and O–H groups in total. The van der Waals surface area contributed by atoms with E-state index in [0.29, 0.717) is 17.1 Å². The second-order valence-electron chi connectivity index (χ2n) is 6.37. The van der Waals surface area contributed by atoms with Crippen LogP contribution in [0.2, 0.25) is 0 Å². The normalized spacial score (nSPS) is 13.4. The molecule has 7 heteroatoms. The Kier molecular flexibility index (Phi) is 3.49. The molecule has 0 aliphatic heterocycles. The van der Waals surface area contributed by atoms with Gasteiger partial charge < -0.3 is 4.42 Å². The van der Waals surface area contributed by atoms with Gasteiger partial charge in [-0.25, -0.2) is 14.4 Å². The first-order valence-electron chi connectivity index (χ1n) is 8.39. The van der Waals surface area contributed by atoms with Crippen molar-refractivity contribution in [1.82, 2.24) is 14.5 Å². The van der Waals surface area contributed by atoms with Gasteiger partial charge in [-0.05, 0) is 43.0 Å². The fourth-order valence-corrected chi connectivity index (χ4v) is 4.66. The van der Waals surface area contributed by atoms with Crippen LogP contribution in [0, 0.1) is 5.82 Å². The summed E-state index contributed by atoms with van der Waals surface area (Å²) in [6, 6.07) is 6.07. The lowest BCUT2D eigenvalue weighted by molar-refractivity contribution is 0.569. The van der Waals surface area contributed by atoms with Crippen molar-refractivity contribution in [3.63, 3.8) is 0 Å². The van der Waals surface area contributed by atoms with E-state index in [-0.39, 0.29) is 17.9 Å². The molecule has 0 radical (unpaired) electrons. The van der Waals surface area contributed by atoms with Crippen LogP contribution in [0.15, 0.2) is 46.1 Å². The number of aryl methyl sites for hydroxylation is 2. The van der Waals surface area contributed by atoms with Crippen LogP contribution in [0.4, 0.5) is 4.39 Å². The number of oxazole rings is 1. The van der Waals surface area contributed by atoms with E-state index in [0.717, 1.165) is 35.0 Å². The number of thiophene rings is 1. The third kappa shape index (κ3) is 2.47. The zero-order chi connectivity index (χ0) is 17.7. The minimum Gasteiger partial charge on any atom is -0.444 e. The minimum atomic E-state index is -0.348. The van der Waals surface area contributed by atoms with Crippen molar-refractivity contribution < 1.29 is 8.81 Å². The molecule has 0 spiro atoms. The number of rotatable bonds is 3. The molecule has 3 aromatic heterocycles. The third-order valence-electron chi connectivity index (χ3n) is 4.65. The van der Waals surface area contributed by atoms with Crippen molar-refractivity contribution in [2.75, 3.05) is 0 Å². The molecule has 5 nitrogen and oxygen atoms in total. The molecule has 1 aliphatic rings. The third-order valence-corrected chi connectivity index (χ3v) is 5.85. The smallest absolute Gasteiger partial charge is 0.262 e. The fourth-order valence-electron chi connectivity index (χ4n) is 3.44. The highest BCUT2D eigenvalue weighted by molar-refractivity contribution is 7.18. The van der Waals surface area contributed by atoms with E-state index in [1.54, 1.807) is 34.4 Å². The predicted octanol–water partition coefficient (Wildman–Crippen LogP) is 3.79. The summed E-state index contributed by atoms with van der Waals surface area (Å²) < 4.78 is 20.4. The Labute approximate surface area is 151 Å². The molecular weight excluding hydrogens is 353 g/mol. The summed E-state index contributed by atoms with van der Waals surface area (Å²) >= 11 is 1.62. The first-order chi connectivity index (χ1) is 12.7. The standard InChI is InChI=1S/C19H14FN3O2S/c20-12-4-1-3-11(7-12)17-22-13(9-25-17)8-23-10-21-18-16(19(23)24)14-5-2-6-15(14)26-18/h1,3-4,7,9-10H,2,5-6,8H2. The monoisotopic (exact) mass is 367 g/mol. The van der Waals surface area contributed by atoms with Gasteiger partial charge in [0.15, 0.2) is 0 Å². The second-order valence-corrected chi connectivity index (χ2v) is 7.45. The van der Waals surface area contributed by atoms with E-state index in [1.807, 2.05) is 0 Å². The van der Waals surface area contributed by atoms with E-state index < -0.39 is 0 Å². The lowest BCUT2D eigenvalue weighted by Crippen LogP contribution is -2.21. The molecule has 0 saturated carbocycles. The SMILES string of the molecule is O=c1c2c3c(sc2ncn1Cc1coc(-c2cccc(F)c2)n1)CCC3. The van der Waals surface area contributed by atoms with Gasteiger partial charge in [0, 0.05) is 10.4 Å². The Morgan fingerprint density at radius 3 is 3.12 bits per heavy atom. The summed E-state index contributed by atoms with van der Waals surface area (Å²) in [4.78, 5) is 23.8. The van der Waals surface area contributed by atoms with Gasteiger partial charge in [-0.3, -0.25) is 9.36 Å². The maximum atomic E-state index is 13.4. The summed E-state index contributed by atoms with van der Waals surface area (Å²) in [5, 5.41) is 0.749. The van der Waals surface area contributed by atoms with Gasteiger partial charge in [0.25, 0.3) is 5.56 Å². The second kappa shape index (κ2) is 5.88. The Balaban J connectivity index is 1.50. The Hall–Kier alpha value is -2.80. The first-order valence-corrected chi connectivity index (χ1v) is 9.21. The Morgan fingerprint density at radius 2 is 2.23 bits per heavy atom. The van der Waals surface area contributed by atoms with E-state index >= 15 is 0 Å². The zero-order valence-electron chi connectivity index (χ0n) is 13.7. The highest BCUT2D eigenvalue weighted by Gasteiger charge is 2.21. The molecule has 0 atom stereocenters. The topological polar surface area (TPSA) is 60.9 Å². The van der Waals surface area contributed by atoms with E-state index in [1.165, 1.54) is 23.3 Å². The Morgan fingerprint density at radius 1 is 1.31 bits per heavy atom. The first kappa shape index (κ1) is 15.5. The van der Waals surface area contributed by atoms with E-state index in [9.17, 15) is 9.18 Å². The van der Waals surface area contributed by atoms with Gasteiger partial charge in [-0.1, -0.05) is 6.07 Å². The number of benzene rings is 1. The average Bonchev–Trinajstić information content (AvgIpc) is 3.33. The van der Waals surface area contributed by atoms with Crippen LogP contribution in [0.1, 0.15) is 22.6 Å². The molecule has 0 bridgehead atoms. The molecule has 5 rings (SSSR count). The highest BCUT2D eigenvalue weighted by Crippen LogP contribution is 2.34. The van der Waals surface area contributed by atoms with Crippen molar-refractivity contribution in [2.24, 2.45) is 0 Å². The van der Waals surface area contributed by atoms with Crippen molar-refractivity contribution in [2.45, 2.75) is 25.8 Å². The molecule has 0 saturated heterocycles. The summed E-state index contributed by atoms with van der Waals surface area (Å²) in [6.07, 6.45) is 6.15.